The smallest absolute Gasteiger partial charge is 0.238 e. The molecule has 0 aliphatic heterocycles. The standard InChI is InChI=1S/C39H26N4S/c1-3-11-25(12-4-1)26-19-21-28(22-20-26)38-40-37(27-13-5-2-6-14-27)41-39(42-38)43-32-17-9-7-16-31(32)35-33(43)24-23-30-29-15-8-10-18-34(29)44-36(30)35/h1-19,21-24,26H,20H2. The van der Waals surface area contributed by atoms with Crippen LogP contribution in [0.4, 0.5) is 0 Å². The minimum atomic E-state index is 0.343. The Morgan fingerprint density at radius 1 is 0.614 bits per heavy atom. The van der Waals surface area contributed by atoms with E-state index in [4.69, 9.17) is 15.0 Å². The predicted molar refractivity (Wildman–Crippen MR) is 183 cm³/mol. The number of thiophene rings is 1. The molecule has 4 nitrogen and oxygen atoms in total. The minimum absolute atomic E-state index is 0.343. The predicted octanol–water partition coefficient (Wildman–Crippen LogP) is 10.1. The lowest BCUT2D eigenvalue weighted by Crippen LogP contribution is -2.09. The molecule has 0 saturated heterocycles. The van der Waals surface area contributed by atoms with Crippen molar-refractivity contribution in [2.45, 2.75) is 12.3 Å². The van der Waals surface area contributed by atoms with E-state index in [0.29, 0.717) is 23.5 Å². The van der Waals surface area contributed by atoms with E-state index in [0.717, 1.165) is 28.6 Å². The van der Waals surface area contributed by atoms with Gasteiger partial charge in [-0.1, -0.05) is 121 Å². The molecule has 5 heteroatoms. The average molecular weight is 583 g/mol. The minimum Gasteiger partial charge on any atom is -0.278 e. The molecular weight excluding hydrogens is 557 g/mol. The Morgan fingerprint density at radius 3 is 2.16 bits per heavy atom. The zero-order chi connectivity index (χ0) is 29.0. The van der Waals surface area contributed by atoms with E-state index in [9.17, 15) is 0 Å². The van der Waals surface area contributed by atoms with Gasteiger partial charge in [0.25, 0.3) is 0 Å². The van der Waals surface area contributed by atoms with Crippen LogP contribution in [-0.4, -0.2) is 19.5 Å². The van der Waals surface area contributed by atoms with Gasteiger partial charge in [-0.3, -0.25) is 4.57 Å². The Bertz CT molecular complexity index is 2420. The second-order valence-electron chi connectivity index (χ2n) is 11.2. The molecule has 0 fully saturated rings. The van der Waals surface area contributed by atoms with Gasteiger partial charge in [-0.05, 0) is 30.2 Å². The third kappa shape index (κ3) is 4.01. The van der Waals surface area contributed by atoms with E-state index in [1.54, 1.807) is 0 Å². The third-order valence-corrected chi connectivity index (χ3v) is 9.83. The molecule has 208 valence electrons. The summed E-state index contributed by atoms with van der Waals surface area (Å²) in [5.74, 6) is 2.32. The summed E-state index contributed by atoms with van der Waals surface area (Å²) in [6.45, 7) is 0. The fraction of sp³-hybridized carbons (Fsp3) is 0.0513. The number of benzene rings is 5. The number of aromatic nitrogens is 4. The summed E-state index contributed by atoms with van der Waals surface area (Å²) in [5.41, 5.74) is 5.48. The van der Waals surface area contributed by atoms with Crippen molar-refractivity contribution in [2.24, 2.45) is 0 Å². The van der Waals surface area contributed by atoms with E-state index in [-0.39, 0.29) is 0 Å². The van der Waals surface area contributed by atoms with E-state index >= 15 is 0 Å². The molecule has 0 bridgehead atoms. The van der Waals surface area contributed by atoms with Crippen LogP contribution < -0.4 is 0 Å². The molecule has 0 N–H and O–H groups in total. The Hall–Kier alpha value is -5.39. The van der Waals surface area contributed by atoms with Crippen molar-refractivity contribution < 1.29 is 0 Å². The Morgan fingerprint density at radius 2 is 1.34 bits per heavy atom. The second-order valence-corrected chi connectivity index (χ2v) is 12.3. The van der Waals surface area contributed by atoms with Gasteiger partial charge in [-0.15, -0.1) is 11.3 Å². The van der Waals surface area contributed by atoms with Crippen molar-refractivity contribution >= 4 is 58.9 Å². The Kier molecular flexibility index (Phi) is 5.78. The summed E-state index contributed by atoms with van der Waals surface area (Å²) < 4.78 is 4.80. The van der Waals surface area contributed by atoms with Crippen molar-refractivity contribution in [1.29, 1.82) is 0 Å². The fourth-order valence-corrected chi connectivity index (χ4v) is 7.75. The normalized spacial score (nSPS) is 15.0. The third-order valence-electron chi connectivity index (χ3n) is 8.62. The monoisotopic (exact) mass is 582 g/mol. The molecule has 0 radical (unpaired) electrons. The van der Waals surface area contributed by atoms with Crippen molar-refractivity contribution in [3.8, 4) is 17.3 Å². The van der Waals surface area contributed by atoms with Crippen molar-refractivity contribution in [2.75, 3.05) is 0 Å². The Balaban J connectivity index is 1.27. The van der Waals surface area contributed by atoms with Gasteiger partial charge in [-0.2, -0.15) is 9.97 Å². The molecule has 0 spiro atoms. The summed E-state index contributed by atoms with van der Waals surface area (Å²) in [4.78, 5) is 15.3. The van der Waals surface area contributed by atoms with Gasteiger partial charge < -0.3 is 0 Å². The maximum atomic E-state index is 5.17. The molecule has 5 aromatic carbocycles. The topological polar surface area (TPSA) is 43.6 Å². The molecule has 3 heterocycles. The van der Waals surface area contributed by atoms with Crippen LogP contribution in [0.1, 0.15) is 23.7 Å². The SMILES string of the molecule is C1=CC(c2ccccc2)CC=C1c1nc(-c2ccccc2)nc(-n2c3ccccc3c3c4sc5ccccc5c4ccc32)n1. The lowest BCUT2D eigenvalue weighted by Gasteiger charge is -2.17. The van der Waals surface area contributed by atoms with Crippen LogP contribution >= 0.6 is 11.3 Å². The lowest BCUT2D eigenvalue weighted by atomic mass is 9.90. The molecule has 1 unspecified atom stereocenters. The van der Waals surface area contributed by atoms with Crippen LogP contribution in [0.2, 0.25) is 0 Å². The molecule has 3 aromatic heterocycles. The van der Waals surface area contributed by atoms with E-state index in [2.05, 4.69) is 126 Å². The highest BCUT2D eigenvalue weighted by molar-refractivity contribution is 7.26. The molecule has 0 saturated carbocycles. The second kappa shape index (κ2) is 10.1. The van der Waals surface area contributed by atoms with E-state index in [1.165, 1.54) is 36.5 Å². The van der Waals surface area contributed by atoms with Crippen LogP contribution in [0, 0.1) is 0 Å². The van der Waals surface area contributed by atoms with Crippen LogP contribution in [0.15, 0.2) is 140 Å². The fourth-order valence-electron chi connectivity index (χ4n) is 6.49. The number of allylic oxidation sites excluding steroid dienone is 4. The molecule has 1 aliphatic rings. The number of para-hydroxylation sites is 1. The highest BCUT2D eigenvalue weighted by Crippen LogP contribution is 2.43. The summed E-state index contributed by atoms with van der Waals surface area (Å²) in [7, 11) is 0. The van der Waals surface area contributed by atoms with Gasteiger partial charge in [0.05, 0.1) is 11.0 Å². The van der Waals surface area contributed by atoms with Crippen LogP contribution in [0.25, 0.3) is 64.9 Å². The highest BCUT2D eigenvalue weighted by Gasteiger charge is 2.21. The largest absolute Gasteiger partial charge is 0.278 e. The van der Waals surface area contributed by atoms with Gasteiger partial charge in [0.15, 0.2) is 11.6 Å². The Labute approximate surface area is 258 Å². The molecule has 44 heavy (non-hydrogen) atoms. The van der Waals surface area contributed by atoms with Gasteiger partial charge in [0.2, 0.25) is 5.95 Å². The quantitative estimate of drug-likeness (QED) is 0.207. The first-order valence-corrected chi connectivity index (χ1v) is 15.7. The van der Waals surface area contributed by atoms with Gasteiger partial charge in [0.1, 0.15) is 0 Å². The maximum Gasteiger partial charge on any atom is 0.238 e. The van der Waals surface area contributed by atoms with E-state index < -0.39 is 0 Å². The average Bonchev–Trinajstić information content (AvgIpc) is 3.65. The zero-order valence-corrected chi connectivity index (χ0v) is 24.6. The maximum absolute atomic E-state index is 5.17. The number of fused-ring (bicyclic) bond motifs is 7. The molecule has 0 amide bonds. The number of nitrogens with zero attached hydrogens (tertiary/aromatic N) is 4. The van der Waals surface area contributed by atoms with Gasteiger partial charge in [-0.25, -0.2) is 4.98 Å². The number of rotatable bonds is 4. The summed E-state index contributed by atoms with van der Waals surface area (Å²) in [6.07, 6.45) is 7.60. The lowest BCUT2D eigenvalue weighted by molar-refractivity contribution is 0.852. The zero-order valence-electron chi connectivity index (χ0n) is 23.8. The first-order chi connectivity index (χ1) is 21.8. The highest BCUT2D eigenvalue weighted by atomic mass is 32.1. The van der Waals surface area contributed by atoms with Crippen molar-refractivity contribution in [3.05, 3.63) is 151 Å². The van der Waals surface area contributed by atoms with Crippen molar-refractivity contribution in [3.63, 3.8) is 0 Å². The first-order valence-electron chi connectivity index (χ1n) is 14.9. The summed E-state index contributed by atoms with van der Waals surface area (Å²) in [5, 5.41) is 5.02. The molecule has 8 aromatic rings. The summed E-state index contributed by atoms with van der Waals surface area (Å²) in [6, 6.07) is 42.6. The number of hydrogen-bond acceptors (Lipinski definition) is 4. The number of hydrogen-bond donors (Lipinski definition) is 0. The van der Waals surface area contributed by atoms with Crippen LogP contribution in [0.5, 0.6) is 0 Å². The van der Waals surface area contributed by atoms with Crippen LogP contribution in [-0.2, 0) is 0 Å². The molecular formula is C39H26N4S. The van der Waals surface area contributed by atoms with Gasteiger partial charge >= 0.3 is 0 Å². The van der Waals surface area contributed by atoms with Gasteiger partial charge in [0, 0.05) is 48.0 Å². The van der Waals surface area contributed by atoms with Crippen molar-refractivity contribution in [1.82, 2.24) is 19.5 Å². The van der Waals surface area contributed by atoms with Crippen LogP contribution in [0.3, 0.4) is 0 Å². The van der Waals surface area contributed by atoms with E-state index in [1.807, 2.05) is 29.5 Å². The first kappa shape index (κ1) is 25.1. The molecule has 9 rings (SSSR count). The molecule has 1 atom stereocenters. The summed E-state index contributed by atoms with van der Waals surface area (Å²) >= 11 is 1.85. The molecule has 1 aliphatic carbocycles.